The maximum Gasteiger partial charge on any atom is 0.299 e. The second-order valence-electron chi connectivity index (χ2n) is 14.7. The van der Waals surface area contributed by atoms with Crippen LogP contribution in [0.4, 0.5) is 5.69 Å². The van der Waals surface area contributed by atoms with E-state index >= 15 is 0 Å². The summed E-state index contributed by atoms with van der Waals surface area (Å²) in [5.74, 6) is 0.776. The van der Waals surface area contributed by atoms with Gasteiger partial charge in [-0.25, -0.2) is 9.97 Å². The molecule has 4 aliphatic carbocycles. The predicted molar refractivity (Wildman–Crippen MR) is 176 cm³/mol. The summed E-state index contributed by atoms with van der Waals surface area (Å²) in [4.78, 5) is 58.6. The Morgan fingerprint density at radius 3 is 2.58 bits per heavy atom. The number of nitrogens with one attached hydrogen (secondary N) is 1. The summed E-state index contributed by atoms with van der Waals surface area (Å²) >= 11 is 0. The number of amides is 2. The van der Waals surface area contributed by atoms with Crippen molar-refractivity contribution < 1.29 is 19.4 Å². The predicted octanol–water partition coefficient (Wildman–Crippen LogP) is 2.25. The van der Waals surface area contributed by atoms with Gasteiger partial charge in [-0.3, -0.25) is 14.4 Å². The molecule has 6 aliphatic rings. The number of nitrogens with zero attached hydrogens (tertiary/aromatic N) is 8. The summed E-state index contributed by atoms with van der Waals surface area (Å²) in [7, 11) is 0. The fourth-order valence-corrected chi connectivity index (χ4v) is 8.88. The second kappa shape index (κ2) is 11.1. The molecule has 0 aromatic carbocycles. The minimum Gasteiger partial charge on any atom is -0.504 e. The number of aryl methyl sites for hydroxylation is 1. The summed E-state index contributed by atoms with van der Waals surface area (Å²) in [5, 5.41) is 18.6. The van der Waals surface area contributed by atoms with Crippen LogP contribution in [0.3, 0.4) is 0 Å². The number of aromatic nitrogens is 6. The maximum atomic E-state index is 14.5. The Balaban J connectivity index is 1.15. The van der Waals surface area contributed by atoms with Crippen molar-refractivity contribution in [1.29, 1.82) is 0 Å². The van der Waals surface area contributed by atoms with E-state index in [-0.39, 0.29) is 53.0 Å². The molecular formula is C34H43N9O5. The molecule has 48 heavy (non-hydrogen) atoms. The number of aromatic hydroxyl groups is 1. The summed E-state index contributed by atoms with van der Waals surface area (Å²) < 4.78 is 8.73. The number of rotatable bonds is 8. The van der Waals surface area contributed by atoms with Gasteiger partial charge >= 0.3 is 0 Å². The molecule has 4 saturated carbocycles. The van der Waals surface area contributed by atoms with Gasteiger partial charge < -0.3 is 29.5 Å². The summed E-state index contributed by atoms with van der Waals surface area (Å²) in [5.41, 5.74) is 2.43. The van der Waals surface area contributed by atoms with E-state index < -0.39 is 0 Å². The largest absolute Gasteiger partial charge is 0.504 e. The van der Waals surface area contributed by atoms with Crippen molar-refractivity contribution in [3.8, 4) is 5.75 Å². The molecule has 14 nitrogen and oxygen atoms in total. The minimum absolute atomic E-state index is 0.00812. The minimum atomic E-state index is -0.342. The molecule has 2 atom stereocenters. The fourth-order valence-electron chi connectivity index (χ4n) is 8.88. The quantitative estimate of drug-likeness (QED) is 0.368. The monoisotopic (exact) mass is 657 g/mol. The summed E-state index contributed by atoms with van der Waals surface area (Å²) in [6.45, 7) is 9.94. The third-order valence-corrected chi connectivity index (χ3v) is 11.8. The van der Waals surface area contributed by atoms with Crippen LogP contribution < -0.4 is 15.8 Å². The summed E-state index contributed by atoms with van der Waals surface area (Å²) in [6, 6.07) is -0.270. The van der Waals surface area contributed by atoms with Crippen LogP contribution in [-0.2, 0) is 22.5 Å². The lowest BCUT2D eigenvalue weighted by Gasteiger charge is -2.72. The van der Waals surface area contributed by atoms with E-state index in [2.05, 4.69) is 34.0 Å². The number of carbonyl (C=O) groups excluding carboxylic acids is 2. The maximum absolute atomic E-state index is 14.5. The lowest BCUT2D eigenvalue weighted by atomic mass is 9.36. The number of carbonyl (C=O) groups is 2. The zero-order valence-corrected chi connectivity index (χ0v) is 28.0. The van der Waals surface area contributed by atoms with E-state index in [1.165, 1.54) is 10.8 Å². The molecule has 5 fully saturated rings. The van der Waals surface area contributed by atoms with E-state index in [1.807, 2.05) is 17.6 Å². The van der Waals surface area contributed by atoms with Crippen molar-refractivity contribution in [3.05, 3.63) is 45.7 Å². The highest BCUT2D eigenvalue weighted by Gasteiger charge is 2.69. The molecule has 0 unspecified atom stereocenters. The molecule has 3 aromatic rings. The number of ether oxygens (including phenoxy) is 1. The third kappa shape index (κ3) is 4.58. The average Bonchev–Trinajstić information content (AvgIpc) is 3.47. The number of anilines is 1. The van der Waals surface area contributed by atoms with Gasteiger partial charge in [-0.1, -0.05) is 26.8 Å². The van der Waals surface area contributed by atoms with Crippen molar-refractivity contribution in [2.45, 2.75) is 96.8 Å². The molecule has 254 valence electrons. The molecule has 2 bridgehead atoms. The van der Waals surface area contributed by atoms with Gasteiger partial charge in [-0.2, -0.15) is 9.50 Å². The molecule has 2 N–H and O–H groups in total. The van der Waals surface area contributed by atoms with E-state index in [0.29, 0.717) is 73.5 Å². The Morgan fingerprint density at radius 1 is 1.15 bits per heavy atom. The van der Waals surface area contributed by atoms with Gasteiger partial charge in [-0.15, -0.1) is 5.10 Å². The van der Waals surface area contributed by atoms with Crippen molar-refractivity contribution in [2.75, 3.05) is 31.2 Å². The molecular weight excluding hydrogens is 614 g/mol. The molecule has 0 radical (unpaired) electrons. The molecule has 2 amide bonds. The molecule has 5 heterocycles. The highest BCUT2D eigenvalue weighted by molar-refractivity contribution is 5.95. The van der Waals surface area contributed by atoms with Crippen LogP contribution in [0.15, 0.2) is 17.2 Å². The van der Waals surface area contributed by atoms with Gasteiger partial charge in [0.25, 0.3) is 11.5 Å². The molecule has 9 rings (SSSR count). The van der Waals surface area contributed by atoms with Gasteiger partial charge in [0.15, 0.2) is 17.3 Å². The Kier molecular flexibility index (Phi) is 7.17. The molecule has 14 heteroatoms. The van der Waals surface area contributed by atoms with Crippen LogP contribution in [0.5, 0.6) is 5.75 Å². The first kappa shape index (κ1) is 31.0. The van der Waals surface area contributed by atoms with Gasteiger partial charge in [0.1, 0.15) is 18.6 Å². The van der Waals surface area contributed by atoms with Crippen molar-refractivity contribution in [1.82, 2.24) is 39.3 Å². The van der Waals surface area contributed by atoms with Crippen LogP contribution in [0, 0.1) is 18.3 Å². The average molecular weight is 658 g/mol. The first-order chi connectivity index (χ1) is 23.0. The third-order valence-electron chi connectivity index (χ3n) is 11.8. The highest BCUT2D eigenvalue weighted by Crippen LogP contribution is 2.70. The molecule has 2 aliphatic heterocycles. The topological polar surface area (TPSA) is 160 Å². The normalized spacial score (nSPS) is 27.6. The fraction of sp³-hybridized carbons (Fsp3) is 0.618. The van der Waals surface area contributed by atoms with Crippen LogP contribution in [0.1, 0.15) is 87.0 Å². The smallest absolute Gasteiger partial charge is 0.299 e. The molecule has 3 aromatic heterocycles. The Bertz CT molecular complexity index is 1910. The number of hydrogen-bond donors (Lipinski definition) is 2. The second-order valence-corrected chi connectivity index (χ2v) is 14.7. The van der Waals surface area contributed by atoms with Gasteiger partial charge in [0.2, 0.25) is 11.7 Å². The SMILES string of the molecule is CCc1c(N2CCN(C(=O)c3ncnc(C)c3O)[C@H]3CC[C@@H]32)c(=O)n2nc(C3=CCOCC3)nc2n1CC(=O)NC12CC(C(C)C)(C1)C2. The lowest BCUT2D eigenvalue weighted by molar-refractivity contribution is -0.187. The molecule has 0 spiro atoms. The lowest BCUT2D eigenvalue weighted by Crippen LogP contribution is -2.76. The number of piperazine rings is 1. The van der Waals surface area contributed by atoms with Gasteiger partial charge in [0, 0.05) is 24.7 Å². The van der Waals surface area contributed by atoms with Gasteiger partial charge in [0.05, 0.1) is 30.6 Å². The first-order valence-corrected chi connectivity index (χ1v) is 17.2. The Morgan fingerprint density at radius 2 is 1.92 bits per heavy atom. The van der Waals surface area contributed by atoms with E-state index in [9.17, 15) is 19.5 Å². The number of hydrogen-bond acceptors (Lipinski definition) is 10. The van der Waals surface area contributed by atoms with Crippen molar-refractivity contribution in [3.63, 3.8) is 0 Å². The number of fused-ring (bicyclic) bond motifs is 2. The van der Waals surface area contributed by atoms with E-state index in [1.54, 1.807) is 11.8 Å². The Labute approximate surface area is 278 Å². The van der Waals surface area contributed by atoms with Crippen LogP contribution in [-0.4, -0.2) is 94.9 Å². The highest BCUT2D eigenvalue weighted by atomic mass is 16.5. The Hall–Kier alpha value is -4.33. The van der Waals surface area contributed by atoms with Crippen molar-refractivity contribution in [2.24, 2.45) is 11.3 Å². The van der Waals surface area contributed by atoms with Gasteiger partial charge in [-0.05, 0) is 68.8 Å². The van der Waals surface area contributed by atoms with Crippen molar-refractivity contribution >= 4 is 28.9 Å². The van der Waals surface area contributed by atoms with Crippen LogP contribution in [0.2, 0.25) is 0 Å². The standard InChI is InChI=1S/C34H43N9O5/c1-5-22-27(40-10-11-41(24-7-6-23(24)40)30(46)26-28(45)20(4)35-18-36-26)31(47)43-32(37-29(39-43)21-8-12-48-13-9-21)42(22)14-25(44)38-34-15-33(16-34,17-34)19(2)3/h8,18-19,23-24,45H,5-7,9-17H2,1-4H3,(H,38,44)/t23-,24-,33?,34?/m0/s1. The van der Waals surface area contributed by atoms with Crippen LogP contribution in [0.25, 0.3) is 11.4 Å². The summed E-state index contributed by atoms with van der Waals surface area (Å²) in [6.07, 6.45) is 8.97. The zero-order chi connectivity index (χ0) is 33.5. The van der Waals surface area contributed by atoms with Crippen LogP contribution >= 0.6 is 0 Å². The molecule has 1 saturated heterocycles. The zero-order valence-electron chi connectivity index (χ0n) is 28.0. The van der Waals surface area contributed by atoms with E-state index in [4.69, 9.17) is 14.8 Å². The van der Waals surface area contributed by atoms with E-state index in [0.717, 1.165) is 43.4 Å². The first-order valence-electron chi connectivity index (χ1n) is 17.2.